The number of hydrogen-bond acceptors (Lipinski definition) is 5. The lowest BCUT2D eigenvalue weighted by atomic mass is 10.0. The van der Waals surface area contributed by atoms with E-state index in [0.29, 0.717) is 17.1 Å². The van der Waals surface area contributed by atoms with Crippen LogP contribution in [0.15, 0.2) is 91.0 Å². The minimum Gasteiger partial charge on any atom is -0.324 e. The monoisotopic (exact) mass is 419 g/mol. The molecule has 0 radical (unpaired) electrons. The summed E-state index contributed by atoms with van der Waals surface area (Å²) < 4.78 is 1.71. The predicted molar refractivity (Wildman–Crippen MR) is 120 cm³/mol. The third kappa shape index (κ3) is 2.75. The molecule has 0 saturated heterocycles. The Kier molecular flexibility index (Phi) is 4.01. The van der Waals surface area contributed by atoms with Gasteiger partial charge in [-0.15, -0.1) is 5.10 Å². The van der Waals surface area contributed by atoms with Crippen molar-refractivity contribution in [3.05, 3.63) is 113 Å². The van der Waals surface area contributed by atoms with Gasteiger partial charge in [0.2, 0.25) is 5.95 Å². The van der Waals surface area contributed by atoms with Gasteiger partial charge in [0.25, 0.3) is 17.8 Å². The Morgan fingerprint density at radius 1 is 0.750 bits per heavy atom. The number of nitrogens with zero attached hydrogens (tertiary/aromatic N) is 4. The summed E-state index contributed by atoms with van der Waals surface area (Å²) in [5, 5.41) is 7.89. The van der Waals surface area contributed by atoms with Crippen LogP contribution in [-0.4, -0.2) is 26.6 Å². The van der Waals surface area contributed by atoms with Crippen LogP contribution < -0.4 is 10.2 Å². The molecule has 6 rings (SSSR count). The highest BCUT2D eigenvalue weighted by Gasteiger charge is 2.40. The largest absolute Gasteiger partial charge is 0.324 e. The summed E-state index contributed by atoms with van der Waals surface area (Å²) in [6, 6.07) is 26.4. The predicted octanol–water partition coefficient (Wildman–Crippen LogP) is 4.13. The highest BCUT2D eigenvalue weighted by molar-refractivity contribution is 6.33. The van der Waals surface area contributed by atoms with Gasteiger partial charge in [-0.05, 0) is 29.3 Å². The summed E-state index contributed by atoms with van der Waals surface area (Å²) in [7, 11) is 0. The first-order valence-corrected chi connectivity index (χ1v) is 10.2. The number of allylic oxidation sites excluding steroid dienone is 1. The number of aromatic nitrogens is 3. The van der Waals surface area contributed by atoms with Crippen molar-refractivity contribution in [2.75, 3.05) is 10.2 Å². The van der Waals surface area contributed by atoms with Crippen molar-refractivity contribution >= 4 is 29.4 Å². The van der Waals surface area contributed by atoms with Gasteiger partial charge in [-0.3, -0.25) is 9.59 Å². The van der Waals surface area contributed by atoms with E-state index < -0.39 is 11.8 Å². The lowest BCUT2D eigenvalue weighted by molar-refractivity contribution is 0.0924. The molecule has 7 heteroatoms. The normalized spacial score (nSPS) is 16.9. The SMILES string of the molecule is O=C1c2ccccc2C(=O)N1c1nc2n(n1)[C@H](c1ccccc1)C=C(c1ccccc1)N2. The number of amides is 2. The third-order valence-electron chi connectivity index (χ3n) is 5.67. The highest BCUT2D eigenvalue weighted by Crippen LogP contribution is 2.35. The number of rotatable bonds is 3. The molecule has 2 amide bonds. The second kappa shape index (κ2) is 7.02. The lowest BCUT2D eigenvalue weighted by Gasteiger charge is -2.24. The number of carbonyl (C=O) groups is 2. The summed E-state index contributed by atoms with van der Waals surface area (Å²) in [5.74, 6) is -0.309. The van der Waals surface area contributed by atoms with E-state index in [0.717, 1.165) is 21.7 Å². The molecule has 2 aliphatic heterocycles. The van der Waals surface area contributed by atoms with Gasteiger partial charge in [-0.1, -0.05) is 72.8 Å². The van der Waals surface area contributed by atoms with Crippen LogP contribution in [0.1, 0.15) is 37.9 Å². The van der Waals surface area contributed by atoms with Crippen LogP contribution in [0.2, 0.25) is 0 Å². The van der Waals surface area contributed by atoms with Crippen LogP contribution in [0.4, 0.5) is 11.9 Å². The summed E-state index contributed by atoms with van der Waals surface area (Å²) in [4.78, 5) is 31.5. The number of carbonyl (C=O) groups excluding carboxylic acids is 2. The average molecular weight is 419 g/mol. The maximum Gasteiger partial charge on any atom is 0.268 e. The molecule has 3 heterocycles. The van der Waals surface area contributed by atoms with E-state index in [4.69, 9.17) is 0 Å². The molecule has 154 valence electrons. The third-order valence-corrected chi connectivity index (χ3v) is 5.67. The molecule has 2 aliphatic rings. The van der Waals surface area contributed by atoms with Gasteiger partial charge in [0.1, 0.15) is 6.04 Å². The van der Waals surface area contributed by atoms with E-state index >= 15 is 0 Å². The first-order chi connectivity index (χ1) is 15.7. The Balaban J connectivity index is 1.46. The van der Waals surface area contributed by atoms with E-state index in [2.05, 4.69) is 21.5 Å². The zero-order valence-electron chi connectivity index (χ0n) is 16.8. The molecule has 4 aromatic rings. The summed E-state index contributed by atoms with van der Waals surface area (Å²) in [6.07, 6.45) is 2.07. The number of hydrogen-bond donors (Lipinski definition) is 1. The number of imide groups is 1. The molecule has 1 atom stereocenters. The van der Waals surface area contributed by atoms with Crippen molar-refractivity contribution in [2.24, 2.45) is 0 Å². The van der Waals surface area contributed by atoms with Gasteiger partial charge in [0.05, 0.1) is 11.1 Å². The molecule has 1 N–H and O–H groups in total. The van der Waals surface area contributed by atoms with Gasteiger partial charge in [-0.25, -0.2) is 9.58 Å². The van der Waals surface area contributed by atoms with Crippen LogP contribution in [0.5, 0.6) is 0 Å². The smallest absolute Gasteiger partial charge is 0.268 e. The number of nitrogens with one attached hydrogen (secondary N) is 1. The number of fused-ring (bicyclic) bond motifs is 2. The molecule has 7 nitrogen and oxygen atoms in total. The molecule has 32 heavy (non-hydrogen) atoms. The van der Waals surface area contributed by atoms with E-state index in [1.807, 2.05) is 60.7 Å². The van der Waals surface area contributed by atoms with E-state index in [1.165, 1.54) is 0 Å². The minimum atomic E-state index is -0.416. The maximum absolute atomic E-state index is 12.9. The zero-order chi connectivity index (χ0) is 21.7. The van der Waals surface area contributed by atoms with Crippen LogP contribution in [0.25, 0.3) is 5.70 Å². The van der Waals surface area contributed by atoms with Crippen LogP contribution in [-0.2, 0) is 0 Å². The first kappa shape index (κ1) is 18.3. The molecule has 0 unspecified atom stereocenters. The summed E-state index contributed by atoms with van der Waals surface area (Å²) in [6.45, 7) is 0. The average Bonchev–Trinajstić information content (AvgIpc) is 3.38. The van der Waals surface area contributed by atoms with Gasteiger partial charge in [0, 0.05) is 5.70 Å². The molecular weight excluding hydrogens is 402 g/mol. The number of anilines is 2. The Labute approximate surface area is 183 Å². The van der Waals surface area contributed by atoms with E-state index in [1.54, 1.807) is 28.9 Å². The fraction of sp³-hybridized carbons (Fsp3) is 0.0400. The molecule has 0 saturated carbocycles. The van der Waals surface area contributed by atoms with Crippen LogP contribution in [0.3, 0.4) is 0 Å². The molecule has 0 bridgehead atoms. The highest BCUT2D eigenvalue weighted by atomic mass is 16.2. The standard InChI is InChI=1S/C25H17N5O2/c31-22-18-13-7-8-14-19(18)23(32)29(22)25-27-24-26-20(16-9-3-1-4-10-16)15-21(30(24)28-25)17-11-5-2-6-12-17/h1-15,21H,(H,26,27,28)/t21-/m0/s1. The van der Waals surface area contributed by atoms with Gasteiger partial charge >= 0.3 is 0 Å². The minimum absolute atomic E-state index is 0.0577. The Morgan fingerprint density at radius 3 is 2.00 bits per heavy atom. The maximum atomic E-state index is 12.9. The molecule has 0 aliphatic carbocycles. The molecule has 3 aromatic carbocycles. The topological polar surface area (TPSA) is 80.1 Å². The van der Waals surface area contributed by atoms with Gasteiger partial charge in [0.15, 0.2) is 0 Å². The van der Waals surface area contributed by atoms with Crippen molar-refractivity contribution in [3.8, 4) is 0 Å². The summed E-state index contributed by atoms with van der Waals surface area (Å²) >= 11 is 0. The van der Waals surface area contributed by atoms with Crippen molar-refractivity contribution in [1.82, 2.24) is 14.8 Å². The Morgan fingerprint density at radius 2 is 1.34 bits per heavy atom. The molecule has 0 fully saturated rings. The van der Waals surface area contributed by atoms with Crippen molar-refractivity contribution in [3.63, 3.8) is 0 Å². The fourth-order valence-electron chi connectivity index (χ4n) is 4.12. The first-order valence-electron chi connectivity index (χ1n) is 10.2. The Bertz CT molecular complexity index is 1360. The molecule has 0 spiro atoms. The van der Waals surface area contributed by atoms with E-state index in [-0.39, 0.29) is 12.0 Å². The van der Waals surface area contributed by atoms with E-state index in [9.17, 15) is 9.59 Å². The quantitative estimate of drug-likeness (QED) is 0.505. The van der Waals surface area contributed by atoms with Gasteiger partial charge < -0.3 is 5.32 Å². The lowest BCUT2D eigenvalue weighted by Crippen LogP contribution is -2.30. The summed E-state index contributed by atoms with van der Waals surface area (Å²) in [5.41, 5.74) is 3.63. The van der Waals surface area contributed by atoms with Crippen molar-refractivity contribution < 1.29 is 9.59 Å². The second-order valence-corrected chi connectivity index (χ2v) is 7.60. The zero-order valence-corrected chi connectivity index (χ0v) is 16.8. The van der Waals surface area contributed by atoms with Gasteiger partial charge in [-0.2, -0.15) is 4.98 Å². The van der Waals surface area contributed by atoms with Crippen molar-refractivity contribution in [2.45, 2.75) is 6.04 Å². The Hall–Kier alpha value is -4.52. The molecule has 1 aromatic heterocycles. The van der Waals surface area contributed by atoms with Crippen molar-refractivity contribution in [1.29, 1.82) is 0 Å². The van der Waals surface area contributed by atoms with Crippen LogP contribution in [0, 0.1) is 0 Å². The molecular formula is C25H17N5O2. The van der Waals surface area contributed by atoms with Crippen LogP contribution >= 0.6 is 0 Å². The fourth-order valence-corrected chi connectivity index (χ4v) is 4.12. The second-order valence-electron chi connectivity index (χ2n) is 7.60. The number of benzene rings is 3.